The molecule has 0 unspecified atom stereocenters. The quantitative estimate of drug-likeness (QED) is 0.146. The molecule has 5 nitrogen and oxygen atoms in total. The van der Waals surface area contributed by atoms with Gasteiger partial charge in [-0.15, -0.1) is 0 Å². The van der Waals surface area contributed by atoms with E-state index < -0.39 is 0 Å². The first-order valence-electron chi connectivity index (χ1n) is 20.9. The summed E-state index contributed by atoms with van der Waals surface area (Å²) in [7, 11) is 0. The van der Waals surface area contributed by atoms with E-state index in [-0.39, 0.29) is 0 Å². The summed E-state index contributed by atoms with van der Waals surface area (Å²) in [6, 6.07) is 83.0. The summed E-state index contributed by atoms with van der Waals surface area (Å²) in [6.45, 7) is 0. The molecule has 2 heterocycles. The van der Waals surface area contributed by atoms with Crippen LogP contribution in [0.15, 0.2) is 237 Å². The molecule has 11 aromatic rings. The van der Waals surface area contributed by atoms with Crippen LogP contribution in [0.5, 0.6) is 0 Å². The molecule has 0 aliphatic heterocycles. The van der Waals surface area contributed by atoms with Gasteiger partial charge in [0.25, 0.3) is 0 Å². The predicted molar refractivity (Wildman–Crippen MR) is 256 cm³/mol. The van der Waals surface area contributed by atoms with Gasteiger partial charge in [0.15, 0.2) is 17.5 Å². The summed E-state index contributed by atoms with van der Waals surface area (Å²) in [5, 5.41) is 2.37. The molecule has 292 valence electrons. The second-order valence-corrected chi connectivity index (χ2v) is 15.3. The molecule has 0 fully saturated rings. The highest BCUT2D eigenvalue weighted by atomic mass is 15.1. The topological polar surface area (TPSA) is 46.8 Å². The third kappa shape index (κ3) is 6.78. The number of hydrogen-bond donors (Lipinski definition) is 0. The largest absolute Gasteiger partial charge is 0.309 e. The molecule has 2 aromatic heterocycles. The van der Waals surface area contributed by atoms with Crippen molar-refractivity contribution < 1.29 is 0 Å². The van der Waals surface area contributed by atoms with E-state index in [4.69, 9.17) is 15.0 Å². The smallest absolute Gasteiger partial charge is 0.164 e. The van der Waals surface area contributed by atoms with Crippen LogP contribution in [0.2, 0.25) is 0 Å². The molecule has 0 amide bonds. The Labute approximate surface area is 360 Å². The minimum atomic E-state index is 0.597. The van der Waals surface area contributed by atoms with Crippen molar-refractivity contribution in [1.29, 1.82) is 0 Å². The molecule has 0 spiro atoms. The van der Waals surface area contributed by atoms with Gasteiger partial charge in [0, 0.05) is 55.7 Å². The van der Waals surface area contributed by atoms with Crippen LogP contribution in [-0.2, 0) is 0 Å². The Morgan fingerprint density at radius 1 is 0.306 bits per heavy atom. The van der Waals surface area contributed by atoms with Gasteiger partial charge >= 0.3 is 0 Å². The van der Waals surface area contributed by atoms with Gasteiger partial charge in [-0.05, 0) is 71.8 Å². The van der Waals surface area contributed by atoms with Crippen molar-refractivity contribution in [1.82, 2.24) is 19.5 Å². The summed E-state index contributed by atoms with van der Waals surface area (Å²) in [5.41, 5.74) is 13.5. The number of fused-ring (bicyclic) bond motifs is 3. The van der Waals surface area contributed by atoms with Crippen LogP contribution in [-0.4, -0.2) is 19.5 Å². The Balaban J connectivity index is 1.21. The maximum Gasteiger partial charge on any atom is 0.164 e. The van der Waals surface area contributed by atoms with E-state index >= 15 is 0 Å². The number of para-hydroxylation sites is 3. The maximum absolute atomic E-state index is 5.21. The molecule has 0 radical (unpaired) electrons. The Morgan fingerprint density at radius 2 is 0.726 bits per heavy atom. The lowest BCUT2D eigenvalue weighted by atomic mass is 9.91. The molecule has 0 aliphatic rings. The van der Waals surface area contributed by atoms with E-state index in [0.29, 0.717) is 17.5 Å². The molecule has 0 aliphatic carbocycles. The number of anilines is 3. The molecule has 5 heteroatoms. The molecule has 62 heavy (non-hydrogen) atoms. The highest BCUT2D eigenvalue weighted by molar-refractivity contribution is 6.11. The average molecular weight is 794 g/mol. The fourth-order valence-electron chi connectivity index (χ4n) is 8.56. The second kappa shape index (κ2) is 16.0. The lowest BCUT2D eigenvalue weighted by Crippen LogP contribution is -2.13. The summed E-state index contributed by atoms with van der Waals surface area (Å²) in [6.07, 6.45) is 0. The fourth-order valence-corrected chi connectivity index (χ4v) is 8.56. The van der Waals surface area contributed by atoms with Crippen molar-refractivity contribution in [2.75, 3.05) is 4.90 Å². The Bertz CT molecular complexity index is 3200. The van der Waals surface area contributed by atoms with Crippen LogP contribution in [0, 0.1) is 0 Å². The number of rotatable bonds is 9. The van der Waals surface area contributed by atoms with Crippen LogP contribution >= 0.6 is 0 Å². The van der Waals surface area contributed by atoms with Gasteiger partial charge in [-0.1, -0.05) is 176 Å². The van der Waals surface area contributed by atoms with Gasteiger partial charge in [0.2, 0.25) is 0 Å². The van der Waals surface area contributed by atoms with Crippen molar-refractivity contribution >= 4 is 38.9 Å². The molecule has 0 atom stereocenters. The van der Waals surface area contributed by atoms with Crippen molar-refractivity contribution in [3.05, 3.63) is 237 Å². The van der Waals surface area contributed by atoms with Crippen LogP contribution in [0.1, 0.15) is 0 Å². The molecule has 0 saturated carbocycles. The zero-order chi connectivity index (χ0) is 41.2. The molecule has 11 rings (SSSR count). The average Bonchev–Trinajstić information content (AvgIpc) is 3.69. The molecular weight excluding hydrogens is 755 g/mol. The minimum absolute atomic E-state index is 0.597. The van der Waals surface area contributed by atoms with Crippen LogP contribution in [0.4, 0.5) is 17.1 Å². The third-order valence-electron chi connectivity index (χ3n) is 11.4. The van der Waals surface area contributed by atoms with Crippen molar-refractivity contribution in [3.8, 4) is 62.1 Å². The molecule has 0 bridgehead atoms. The summed E-state index contributed by atoms with van der Waals surface area (Å²) < 4.78 is 2.36. The van der Waals surface area contributed by atoms with E-state index in [2.05, 4.69) is 185 Å². The maximum atomic E-state index is 5.21. The molecule has 9 aromatic carbocycles. The van der Waals surface area contributed by atoms with Gasteiger partial charge in [0.1, 0.15) is 0 Å². The van der Waals surface area contributed by atoms with Crippen molar-refractivity contribution in [3.63, 3.8) is 0 Å². The molecular formula is C57H39N5. The first-order valence-corrected chi connectivity index (χ1v) is 20.9. The number of hydrogen-bond acceptors (Lipinski definition) is 4. The zero-order valence-corrected chi connectivity index (χ0v) is 33.8. The fraction of sp³-hybridized carbons (Fsp3) is 0. The number of aromatic nitrogens is 4. The van der Waals surface area contributed by atoms with Crippen LogP contribution in [0.3, 0.4) is 0 Å². The van der Waals surface area contributed by atoms with Gasteiger partial charge in [-0.3, -0.25) is 0 Å². The van der Waals surface area contributed by atoms with Crippen LogP contribution < -0.4 is 4.90 Å². The second-order valence-electron chi connectivity index (χ2n) is 15.3. The van der Waals surface area contributed by atoms with E-state index in [0.717, 1.165) is 67.2 Å². The first kappa shape index (κ1) is 36.7. The normalized spacial score (nSPS) is 11.2. The minimum Gasteiger partial charge on any atom is -0.309 e. The predicted octanol–water partition coefficient (Wildman–Crippen LogP) is 14.8. The highest BCUT2D eigenvalue weighted by Crippen LogP contribution is 2.49. The lowest BCUT2D eigenvalue weighted by Gasteiger charge is -2.31. The van der Waals surface area contributed by atoms with E-state index in [1.165, 1.54) is 16.3 Å². The number of nitrogens with zero attached hydrogens (tertiary/aromatic N) is 5. The standard InChI is InChI=1S/C57H39N5/c1-7-21-40(22-8-1)49-37-44(57-59-55(42-25-11-3-12-26-42)58-56(60-57)43-27-13-4-14-28-43)38-50(41-23-9-2-10-24-41)54(49)61(45-29-15-5-16-30-45)47-35-36-53-51(39-47)48-33-19-20-34-52(48)62(53)46-31-17-6-18-32-46/h1-39H. The van der Waals surface area contributed by atoms with Gasteiger partial charge in [0.05, 0.1) is 16.7 Å². The molecule has 0 saturated heterocycles. The Kier molecular flexibility index (Phi) is 9.45. The first-order chi connectivity index (χ1) is 30.8. The van der Waals surface area contributed by atoms with E-state index in [1.807, 2.05) is 60.7 Å². The van der Waals surface area contributed by atoms with E-state index in [9.17, 15) is 0 Å². The Morgan fingerprint density at radius 3 is 1.26 bits per heavy atom. The molecule has 0 N–H and O–H groups in total. The van der Waals surface area contributed by atoms with Gasteiger partial charge in [-0.25, -0.2) is 15.0 Å². The van der Waals surface area contributed by atoms with Crippen LogP contribution in [0.25, 0.3) is 83.9 Å². The summed E-state index contributed by atoms with van der Waals surface area (Å²) >= 11 is 0. The monoisotopic (exact) mass is 793 g/mol. The summed E-state index contributed by atoms with van der Waals surface area (Å²) in [4.78, 5) is 17.9. The van der Waals surface area contributed by atoms with Crippen molar-refractivity contribution in [2.45, 2.75) is 0 Å². The van der Waals surface area contributed by atoms with Gasteiger partial charge < -0.3 is 9.47 Å². The zero-order valence-electron chi connectivity index (χ0n) is 33.8. The van der Waals surface area contributed by atoms with Crippen molar-refractivity contribution in [2.24, 2.45) is 0 Å². The SMILES string of the molecule is c1ccc(-c2nc(-c3ccccc3)nc(-c3cc(-c4ccccc4)c(N(c4ccccc4)c4ccc5c(c4)c4ccccc4n5-c4ccccc4)c(-c4ccccc4)c3)n2)cc1. The van der Waals surface area contributed by atoms with Gasteiger partial charge in [-0.2, -0.15) is 0 Å². The van der Waals surface area contributed by atoms with E-state index in [1.54, 1.807) is 0 Å². The summed E-state index contributed by atoms with van der Waals surface area (Å²) in [5.74, 6) is 1.84. The number of benzene rings is 9. The lowest BCUT2D eigenvalue weighted by molar-refractivity contribution is 1.07. The third-order valence-corrected chi connectivity index (χ3v) is 11.4. The Hall–Kier alpha value is -8.41. The highest BCUT2D eigenvalue weighted by Gasteiger charge is 2.26.